The second-order valence-corrected chi connectivity index (χ2v) is 9.90. The molecule has 1 N–H and O–H groups in total. The van der Waals surface area contributed by atoms with Crippen molar-refractivity contribution in [3.63, 3.8) is 0 Å². The Kier molecular flexibility index (Phi) is 6.55. The van der Waals surface area contributed by atoms with Gasteiger partial charge in [-0.25, -0.2) is 4.98 Å². The first-order chi connectivity index (χ1) is 16.1. The average Bonchev–Trinajstić information content (AvgIpc) is 3.62. The summed E-state index contributed by atoms with van der Waals surface area (Å²) in [5.74, 6) is -0.315. The van der Waals surface area contributed by atoms with Gasteiger partial charge >= 0.3 is 5.97 Å². The molecule has 4 rings (SSSR count). The minimum atomic E-state index is -0.940. The van der Waals surface area contributed by atoms with Crippen molar-refractivity contribution in [3.8, 4) is 0 Å². The van der Waals surface area contributed by atoms with Crippen molar-refractivity contribution in [1.82, 2.24) is 9.55 Å². The van der Waals surface area contributed by atoms with Crippen LogP contribution in [0.1, 0.15) is 64.4 Å². The molecule has 34 heavy (non-hydrogen) atoms. The predicted octanol–water partition coefficient (Wildman–Crippen LogP) is 4.53. The van der Waals surface area contributed by atoms with Crippen molar-refractivity contribution in [1.29, 1.82) is 0 Å². The standard InChI is InChI=1S/C27H31N3O4/c1-17(25(32)28-19-11-9-18(10-12-19)27(2,3)4)34-24(31)16-15-23-29-22-8-6-5-7-21(22)26(33)30(23)20-13-14-20/h5-12,17,20H,13-16H2,1-4H3,(H,28,32). The molecule has 0 bridgehead atoms. The van der Waals surface area contributed by atoms with Gasteiger partial charge in [0.15, 0.2) is 6.10 Å². The number of aromatic nitrogens is 2. The van der Waals surface area contributed by atoms with E-state index in [2.05, 4.69) is 31.1 Å². The fourth-order valence-electron chi connectivity index (χ4n) is 3.90. The Balaban J connectivity index is 1.37. The molecule has 1 atom stereocenters. The number of hydrogen-bond donors (Lipinski definition) is 1. The zero-order chi connectivity index (χ0) is 24.5. The third-order valence-corrected chi connectivity index (χ3v) is 6.04. The molecule has 1 unspecified atom stereocenters. The van der Waals surface area contributed by atoms with E-state index in [1.54, 1.807) is 23.6 Å². The number of hydrogen-bond acceptors (Lipinski definition) is 5. The lowest BCUT2D eigenvalue weighted by atomic mass is 9.87. The van der Waals surface area contributed by atoms with Crippen molar-refractivity contribution in [3.05, 3.63) is 70.3 Å². The molecule has 3 aromatic rings. The van der Waals surface area contributed by atoms with Crippen molar-refractivity contribution >= 4 is 28.5 Å². The molecule has 1 amide bonds. The summed E-state index contributed by atoms with van der Waals surface area (Å²) in [6.45, 7) is 7.92. The Morgan fingerprint density at radius 1 is 1.12 bits per heavy atom. The summed E-state index contributed by atoms with van der Waals surface area (Å²) in [6, 6.07) is 15.0. The molecule has 1 saturated carbocycles. The number of benzene rings is 2. The predicted molar refractivity (Wildman–Crippen MR) is 132 cm³/mol. The molecule has 178 valence electrons. The maximum absolute atomic E-state index is 12.9. The molecule has 0 aliphatic heterocycles. The molecule has 0 saturated heterocycles. The number of carbonyl (C=O) groups excluding carboxylic acids is 2. The lowest BCUT2D eigenvalue weighted by molar-refractivity contribution is -0.153. The topological polar surface area (TPSA) is 90.3 Å². The highest BCUT2D eigenvalue weighted by Gasteiger charge is 2.28. The molecular weight excluding hydrogens is 430 g/mol. The first-order valence-corrected chi connectivity index (χ1v) is 11.7. The van der Waals surface area contributed by atoms with Crippen LogP contribution in [-0.2, 0) is 26.2 Å². The average molecular weight is 462 g/mol. The van der Waals surface area contributed by atoms with E-state index in [-0.39, 0.29) is 29.9 Å². The van der Waals surface area contributed by atoms with Crippen molar-refractivity contribution in [2.75, 3.05) is 5.32 Å². The van der Waals surface area contributed by atoms with Gasteiger partial charge in [-0.15, -0.1) is 0 Å². The van der Waals surface area contributed by atoms with Gasteiger partial charge < -0.3 is 10.1 Å². The number of ether oxygens (including phenoxy) is 1. The third kappa shape index (κ3) is 5.35. The normalized spacial score (nSPS) is 14.6. The first-order valence-electron chi connectivity index (χ1n) is 11.7. The second-order valence-electron chi connectivity index (χ2n) is 9.90. The number of carbonyl (C=O) groups is 2. The number of nitrogens with one attached hydrogen (secondary N) is 1. The number of aryl methyl sites for hydroxylation is 1. The van der Waals surface area contributed by atoms with Crippen LogP contribution in [0.25, 0.3) is 10.9 Å². The summed E-state index contributed by atoms with van der Waals surface area (Å²) in [5.41, 5.74) is 2.39. The number of anilines is 1. The van der Waals surface area contributed by atoms with Crippen molar-refractivity contribution in [2.45, 2.75) is 70.9 Å². The minimum Gasteiger partial charge on any atom is -0.453 e. The molecule has 1 aromatic heterocycles. The number of rotatable bonds is 7. The van der Waals surface area contributed by atoms with Crippen LogP contribution in [0.4, 0.5) is 5.69 Å². The van der Waals surface area contributed by atoms with Gasteiger partial charge in [0.1, 0.15) is 5.82 Å². The number of para-hydroxylation sites is 1. The highest BCUT2D eigenvalue weighted by atomic mass is 16.5. The fourth-order valence-corrected chi connectivity index (χ4v) is 3.90. The lowest BCUT2D eigenvalue weighted by Gasteiger charge is -2.19. The molecular formula is C27H31N3O4. The summed E-state index contributed by atoms with van der Waals surface area (Å²) in [5, 5.41) is 3.37. The quantitative estimate of drug-likeness (QED) is 0.522. The highest BCUT2D eigenvalue weighted by molar-refractivity contribution is 5.95. The van der Waals surface area contributed by atoms with E-state index >= 15 is 0 Å². The summed E-state index contributed by atoms with van der Waals surface area (Å²) in [4.78, 5) is 42.6. The van der Waals surface area contributed by atoms with Gasteiger partial charge in [-0.05, 0) is 55.0 Å². The van der Waals surface area contributed by atoms with Crippen molar-refractivity contribution < 1.29 is 14.3 Å². The molecule has 1 heterocycles. The Morgan fingerprint density at radius 2 is 1.79 bits per heavy atom. The Labute approximate surface area is 199 Å². The van der Waals surface area contributed by atoms with Crippen molar-refractivity contribution in [2.24, 2.45) is 0 Å². The Morgan fingerprint density at radius 3 is 2.44 bits per heavy atom. The molecule has 0 spiro atoms. The van der Waals surface area contributed by atoms with Gasteiger partial charge in [0, 0.05) is 18.2 Å². The van der Waals surface area contributed by atoms with Crippen LogP contribution < -0.4 is 10.9 Å². The maximum Gasteiger partial charge on any atom is 0.307 e. The number of fused-ring (bicyclic) bond motifs is 1. The summed E-state index contributed by atoms with van der Waals surface area (Å²) >= 11 is 0. The number of nitrogens with zero attached hydrogens (tertiary/aromatic N) is 2. The molecule has 1 aliphatic carbocycles. The van der Waals surface area contributed by atoms with E-state index in [4.69, 9.17) is 4.74 Å². The molecule has 7 heteroatoms. The summed E-state index contributed by atoms with van der Waals surface area (Å²) in [7, 11) is 0. The van der Waals surface area contributed by atoms with Gasteiger partial charge in [-0.1, -0.05) is 45.0 Å². The Hall–Kier alpha value is -3.48. The van der Waals surface area contributed by atoms with E-state index in [9.17, 15) is 14.4 Å². The van der Waals surface area contributed by atoms with E-state index in [0.717, 1.165) is 18.4 Å². The van der Waals surface area contributed by atoms with Crippen LogP contribution in [0.2, 0.25) is 0 Å². The molecule has 2 aromatic carbocycles. The summed E-state index contributed by atoms with van der Waals surface area (Å²) < 4.78 is 7.07. The third-order valence-electron chi connectivity index (χ3n) is 6.04. The number of esters is 1. The minimum absolute atomic E-state index is 0.0236. The summed E-state index contributed by atoms with van der Waals surface area (Å²) in [6.07, 6.45) is 1.24. The Bertz CT molecular complexity index is 1270. The zero-order valence-corrected chi connectivity index (χ0v) is 20.1. The molecule has 1 aliphatic rings. The van der Waals surface area contributed by atoms with E-state index in [1.165, 1.54) is 0 Å². The van der Waals surface area contributed by atoms with Crippen LogP contribution in [0.15, 0.2) is 53.3 Å². The largest absolute Gasteiger partial charge is 0.453 e. The highest BCUT2D eigenvalue weighted by Crippen LogP contribution is 2.35. The zero-order valence-electron chi connectivity index (χ0n) is 20.1. The van der Waals surface area contributed by atoms with Gasteiger partial charge in [0.25, 0.3) is 11.5 Å². The van der Waals surface area contributed by atoms with Crippen LogP contribution in [0.3, 0.4) is 0 Å². The second kappa shape index (κ2) is 9.41. The van der Waals surface area contributed by atoms with Gasteiger partial charge in [-0.3, -0.25) is 19.0 Å². The van der Waals surface area contributed by atoms with Crippen LogP contribution in [0.5, 0.6) is 0 Å². The molecule has 0 radical (unpaired) electrons. The van der Waals surface area contributed by atoms with E-state index in [0.29, 0.717) is 22.4 Å². The maximum atomic E-state index is 12.9. The van der Waals surface area contributed by atoms with Gasteiger partial charge in [0.05, 0.1) is 17.3 Å². The van der Waals surface area contributed by atoms with Gasteiger partial charge in [-0.2, -0.15) is 0 Å². The van der Waals surface area contributed by atoms with E-state index < -0.39 is 18.0 Å². The van der Waals surface area contributed by atoms with Crippen LogP contribution in [-0.4, -0.2) is 27.5 Å². The van der Waals surface area contributed by atoms with Gasteiger partial charge in [0.2, 0.25) is 0 Å². The van der Waals surface area contributed by atoms with E-state index in [1.807, 2.05) is 36.4 Å². The first kappa shape index (κ1) is 23.7. The van der Waals surface area contributed by atoms with Crippen LogP contribution >= 0.6 is 0 Å². The monoisotopic (exact) mass is 461 g/mol. The fraction of sp³-hybridized carbons (Fsp3) is 0.407. The smallest absolute Gasteiger partial charge is 0.307 e. The molecule has 7 nitrogen and oxygen atoms in total. The molecule has 1 fully saturated rings. The number of amides is 1. The van der Waals surface area contributed by atoms with Crippen LogP contribution in [0, 0.1) is 0 Å². The lowest BCUT2D eigenvalue weighted by Crippen LogP contribution is -2.30. The SMILES string of the molecule is CC(OC(=O)CCc1nc2ccccc2c(=O)n1C1CC1)C(=O)Nc1ccc(C(C)(C)C)cc1.